The fraction of sp³-hybridized carbons (Fsp3) is 0.385. The van der Waals surface area contributed by atoms with Crippen LogP contribution in [0, 0.1) is 11.6 Å². The predicted octanol–water partition coefficient (Wildman–Crippen LogP) is 2.13. The maximum absolute atomic E-state index is 13.8. The summed E-state index contributed by atoms with van der Waals surface area (Å²) < 4.78 is 27.1. The van der Waals surface area contributed by atoms with E-state index in [0.29, 0.717) is 6.41 Å². The minimum absolute atomic E-state index is 0.323. The number of nitrogens with zero attached hydrogens (tertiary/aromatic N) is 1. The lowest BCUT2D eigenvalue weighted by molar-refractivity contribution is -0.156. The summed E-state index contributed by atoms with van der Waals surface area (Å²) in [6.07, 6.45) is 0.323. The zero-order valence-corrected chi connectivity index (χ0v) is 10.9. The van der Waals surface area contributed by atoms with Crippen LogP contribution in [0.4, 0.5) is 8.78 Å². The van der Waals surface area contributed by atoms with Gasteiger partial charge in [-0.2, -0.15) is 0 Å². The SMILES string of the molecule is CC(C)N(C=O)C(C)(C(=O)O)c1cccc(F)c1F. The lowest BCUT2D eigenvalue weighted by atomic mass is 9.88. The second-order valence-electron chi connectivity index (χ2n) is 4.59. The highest BCUT2D eigenvalue weighted by atomic mass is 19.2. The number of halogens is 2. The van der Waals surface area contributed by atoms with Gasteiger partial charge in [0.1, 0.15) is 0 Å². The Morgan fingerprint density at radius 1 is 1.42 bits per heavy atom. The van der Waals surface area contributed by atoms with Gasteiger partial charge in [0, 0.05) is 11.6 Å². The molecular weight excluding hydrogens is 256 g/mol. The Kier molecular flexibility index (Phi) is 4.24. The van der Waals surface area contributed by atoms with Gasteiger partial charge in [0.2, 0.25) is 6.41 Å². The number of carboxylic acid groups (broad SMARTS) is 1. The molecule has 0 aliphatic heterocycles. The lowest BCUT2D eigenvalue weighted by Crippen LogP contribution is -2.52. The smallest absolute Gasteiger partial charge is 0.334 e. The topological polar surface area (TPSA) is 57.6 Å². The predicted molar refractivity (Wildman–Crippen MR) is 64.4 cm³/mol. The van der Waals surface area contributed by atoms with Gasteiger partial charge in [0.05, 0.1) is 0 Å². The number of carboxylic acids is 1. The molecule has 4 nitrogen and oxygen atoms in total. The Labute approximate surface area is 109 Å². The minimum atomic E-state index is -1.97. The average Bonchev–Trinajstić information content (AvgIpc) is 2.32. The molecule has 0 bridgehead atoms. The van der Waals surface area contributed by atoms with Crippen LogP contribution in [0.5, 0.6) is 0 Å². The highest BCUT2D eigenvalue weighted by Gasteiger charge is 2.44. The van der Waals surface area contributed by atoms with E-state index in [0.717, 1.165) is 17.0 Å². The first kappa shape index (κ1) is 15.1. The van der Waals surface area contributed by atoms with Crippen LogP contribution in [-0.4, -0.2) is 28.4 Å². The van der Waals surface area contributed by atoms with Gasteiger partial charge >= 0.3 is 5.97 Å². The Bertz CT molecular complexity index is 505. The van der Waals surface area contributed by atoms with Gasteiger partial charge < -0.3 is 10.0 Å². The summed E-state index contributed by atoms with van der Waals surface area (Å²) in [4.78, 5) is 23.6. The molecular formula is C13H15F2NO3. The van der Waals surface area contributed by atoms with Crippen LogP contribution in [0.25, 0.3) is 0 Å². The van der Waals surface area contributed by atoms with Crippen LogP contribution in [-0.2, 0) is 15.1 Å². The molecule has 1 N–H and O–H groups in total. The summed E-state index contributed by atoms with van der Waals surface area (Å²) in [5.74, 6) is -3.85. The maximum Gasteiger partial charge on any atom is 0.334 e. The number of rotatable bonds is 5. The molecule has 1 unspecified atom stereocenters. The average molecular weight is 271 g/mol. The molecule has 1 rings (SSSR count). The number of benzene rings is 1. The quantitative estimate of drug-likeness (QED) is 0.835. The molecule has 0 radical (unpaired) electrons. The van der Waals surface area contributed by atoms with Crippen molar-refractivity contribution in [3.63, 3.8) is 0 Å². The van der Waals surface area contributed by atoms with Gasteiger partial charge in [-0.3, -0.25) is 4.79 Å². The summed E-state index contributed by atoms with van der Waals surface area (Å²) in [5.41, 5.74) is -2.36. The Morgan fingerprint density at radius 3 is 2.42 bits per heavy atom. The van der Waals surface area contributed by atoms with Crippen molar-refractivity contribution in [2.24, 2.45) is 0 Å². The molecule has 1 aromatic rings. The first-order valence-electron chi connectivity index (χ1n) is 5.68. The second kappa shape index (κ2) is 5.34. The molecule has 0 aromatic heterocycles. The summed E-state index contributed by atoms with van der Waals surface area (Å²) in [5, 5.41) is 9.36. The minimum Gasteiger partial charge on any atom is -0.479 e. The molecule has 19 heavy (non-hydrogen) atoms. The first-order chi connectivity index (χ1) is 8.76. The van der Waals surface area contributed by atoms with Crippen molar-refractivity contribution >= 4 is 12.4 Å². The summed E-state index contributed by atoms with van der Waals surface area (Å²) >= 11 is 0. The van der Waals surface area contributed by atoms with E-state index >= 15 is 0 Å². The van der Waals surface area contributed by atoms with E-state index in [1.165, 1.54) is 13.0 Å². The normalized spacial score (nSPS) is 14.0. The van der Waals surface area contributed by atoms with Gasteiger partial charge in [-0.25, -0.2) is 13.6 Å². The highest BCUT2D eigenvalue weighted by Crippen LogP contribution is 2.32. The van der Waals surface area contributed by atoms with Crippen molar-refractivity contribution in [2.45, 2.75) is 32.4 Å². The molecule has 104 valence electrons. The van der Waals surface area contributed by atoms with E-state index in [2.05, 4.69) is 0 Å². The molecule has 1 amide bonds. The zero-order chi connectivity index (χ0) is 14.8. The third kappa shape index (κ3) is 2.43. The monoisotopic (exact) mass is 271 g/mol. The summed E-state index contributed by atoms with van der Waals surface area (Å²) in [7, 11) is 0. The number of hydrogen-bond acceptors (Lipinski definition) is 2. The lowest BCUT2D eigenvalue weighted by Gasteiger charge is -2.38. The maximum atomic E-state index is 13.8. The molecule has 0 fully saturated rings. The van der Waals surface area contributed by atoms with E-state index in [1.807, 2.05) is 0 Å². The molecule has 0 heterocycles. The zero-order valence-electron chi connectivity index (χ0n) is 10.9. The van der Waals surface area contributed by atoms with E-state index in [4.69, 9.17) is 0 Å². The van der Waals surface area contributed by atoms with Crippen LogP contribution in [0.1, 0.15) is 26.3 Å². The summed E-state index contributed by atoms with van der Waals surface area (Å²) in [6, 6.07) is 2.77. The van der Waals surface area contributed by atoms with Crippen molar-refractivity contribution in [3.8, 4) is 0 Å². The van der Waals surface area contributed by atoms with Gasteiger partial charge in [-0.1, -0.05) is 12.1 Å². The van der Waals surface area contributed by atoms with Gasteiger partial charge in [-0.15, -0.1) is 0 Å². The highest BCUT2D eigenvalue weighted by molar-refractivity contribution is 5.83. The molecule has 6 heteroatoms. The molecule has 0 spiro atoms. The third-order valence-electron chi connectivity index (χ3n) is 3.08. The van der Waals surface area contributed by atoms with Crippen LogP contribution in [0.15, 0.2) is 18.2 Å². The number of aliphatic carboxylic acids is 1. The van der Waals surface area contributed by atoms with Crippen molar-refractivity contribution in [2.75, 3.05) is 0 Å². The molecule has 1 aromatic carbocycles. The molecule has 0 saturated heterocycles. The van der Waals surface area contributed by atoms with Crippen LogP contribution < -0.4 is 0 Å². The second-order valence-corrected chi connectivity index (χ2v) is 4.59. The van der Waals surface area contributed by atoms with Crippen molar-refractivity contribution in [3.05, 3.63) is 35.4 Å². The van der Waals surface area contributed by atoms with Crippen molar-refractivity contribution in [1.29, 1.82) is 0 Å². The van der Waals surface area contributed by atoms with Crippen molar-refractivity contribution < 1.29 is 23.5 Å². The fourth-order valence-electron chi connectivity index (χ4n) is 1.99. The van der Waals surface area contributed by atoms with Crippen LogP contribution in [0.2, 0.25) is 0 Å². The number of carbonyl (C=O) groups is 2. The Morgan fingerprint density at radius 2 is 2.00 bits per heavy atom. The standard InChI is InChI=1S/C13H15F2NO3/c1-8(2)16(7-17)13(3,12(18)19)9-5-4-6-10(14)11(9)15/h4-8H,1-3H3,(H,18,19). The van der Waals surface area contributed by atoms with Crippen LogP contribution >= 0.6 is 0 Å². The largest absolute Gasteiger partial charge is 0.479 e. The number of amides is 1. The van der Waals surface area contributed by atoms with E-state index < -0.39 is 29.2 Å². The molecule has 0 aliphatic carbocycles. The molecule has 0 saturated carbocycles. The molecule has 1 atom stereocenters. The summed E-state index contributed by atoms with van der Waals surface area (Å²) in [6.45, 7) is 4.35. The van der Waals surface area contributed by atoms with Crippen LogP contribution in [0.3, 0.4) is 0 Å². The molecule has 0 aliphatic rings. The van der Waals surface area contributed by atoms with E-state index in [-0.39, 0.29) is 5.56 Å². The third-order valence-corrected chi connectivity index (χ3v) is 3.08. The first-order valence-corrected chi connectivity index (χ1v) is 5.68. The number of carbonyl (C=O) groups excluding carboxylic acids is 1. The Hall–Kier alpha value is -1.98. The fourth-order valence-corrected chi connectivity index (χ4v) is 1.99. The van der Waals surface area contributed by atoms with Gasteiger partial charge in [0.25, 0.3) is 0 Å². The Balaban J connectivity index is 3.54. The van der Waals surface area contributed by atoms with Gasteiger partial charge in [0.15, 0.2) is 17.2 Å². The van der Waals surface area contributed by atoms with E-state index in [1.54, 1.807) is 13.8 Å². The van der Waals surface area contributed by atoms with Gasteiger partial charge in [-0.05, 0) is 26.8 Å². The van der Waals surface area contributed by atoms with E-state index in [9.17, 15) is 23.5 Å². The van der Waals surface area contributed by atoms with Crippen molar-refractivity contribution in [1.82, 2.24) is 4.90 Å². The number of hydrogen-bond donors (Lipinski definition) is 1.